The second kappa shape index (κ2) is 8.08. The van der Waals surface area contributed by atoms with Crippen molar-refractivity contribution in [2.24, 2.45) is 10.8 Å². The van der Waals surface area contributed by atoms with E-state index in [2.05, 4.69) is 38.6 Å². The Hall–Kier alpha value is -1.07. The number of guanidine groups is 1. The molecule has 0 saturated heterocycles. The Labute approximate surface area is 111 Å². The van der Waals surface area contributed by atoms with Gasteiger partial charge in [0.1, 0.15) is 0 Å². The van der Waals surface area contributed by atoms with Crippen molar-refractivity contribution in [1.29, 1.82) is 0 Å². The Kier molecular flexibility index (Phi) is 6.65. The molecule has 1 rings (SSSR count). The molecule has 0 aromatic heterocycles. The van der Waals surface area contributed by atoms with Crippen LogP contribution in [0.25, 0.3) is 0 Å². The van der Waals surface area contributed by atoms with E-state index in [9.17, 15) is 0 Å². The third-order valence-corrected chi connectivity index (χ3v) is 3.10. The van der Waals surface area contributed by atoms with Crippen LogP contribution in [0.2, 0.25) is 0 Å². The van der Waals surface area contributed by atoms with Crippen LogP contribution in [0.15, 0.2) is 33.7 Å². The molecule has 4 nitrogen and oxygen atoms in total. The Bertz CT molecular complexity index is 365. The number of nitrogens with one attached hydrogen (secondary N) is 2. The molecule has 0 radical (unpaired) electrons. The van der Waals surface area contributed by atoms with Crippen molar-refractivity contribution in [3.8, 4) is 0 Å². The van der Waals surface area contributed by atoms with E-state index in [1.807, 2.05) is 24.3 Å². The number of hydrazine groups is 1. The van der Waals surface area contributed by atoms with Gasteiger partial charge in [-0.3, -0.25) is 5.43 Å². The van der Waals surface area contributed by atoms with Crippen LogP contribution in [0.1, 0.15) is 25.3 Å². The number of nitrogens with two attached hydrogens (primary N) is 1. The van der Waals surface area contributed by atoms with Crippen molar-refractivity contribution in [1.82, 2.24) is 10.7 Å². The van der Waals surface area contributed by atoms with E-state index in [1.54, 1.807) is 0 Å². The number of aliphatic imine (C=N–C) groups is 1. The van der Waals surface area contributed by atoms with Crippen molar-refractivity contribution in [2.45, 2.75) is 26.3 Å². The fraction of sp³-hybridized carbons (Fsp3) is 0.417. The van der Waals surface area contributed by atoms with Crippen molar-refractivity contribution in [2.75, 3.05) is 6.54 Å². The highest BCUT2D eigenvalue weighted by Gasteiger charge is 1.98. The van der Waals surface area contributed by atoms with Gasteiger partial charge in [0.05, 0.1) is 6.54 Å². The number of halogens is 1. The van der Waals surface area contributed by atoms with Gasteiger partial charge in [-0.2, -0.15) is 0 Å². The monoisotopic (exact) mass is 298 g/mol. The predicted molar refractivity (Wildman–Crippen MR) is 75.5 cm³/mol. The highest BCUT2D eigenvalue weighted by atomic mass is 79.9. The molecule has 0 aliphatic carbocycles. The summed E-state index contributed by atoms with van der Waals surface area (Å²) >= 11 is 3.49. The second-order valence-corrected chi connectivity index (χ2v) is 4.54. The average molecular weight is 299 g/mol. The molecule has 0 amide bonds. The lowest BCUT2D eigenvalue weighted by molar-refractivity contribution is 0.731. The van der Waals surface area contributed by atoms with E-state index in [0.717, 1.165) is 29.4 Å². The van der Waals surface area contributed by atoms with Gasteiger partial charge in [0.2, 0.25) is 5.96 Å². The fourth-order valence-corrected chi connectivity index (χ4v) is 1.74. The number of rotatable bonds is 5. The topological polar surface area (TPSA) is 62.4 Å². The first-order valence-electron chi connectivity index (χ1n) is 5.76. The van der Waals surface area contributed by atoms with E-state index < -0.39 is 0 Å². The van der Waals surface area contributed by atoms with Crippen LogP contribution >= 0.6 is 15.9 Å². The zero-order valence-corrected chi connectivity index (χ0v) is 11.6. The highest BCUT2D eigenvalue weighted by Crippen LogP contribution is 2.16. The molecule has 4 N–H and O–H groups in total. The van der Waals surface area contributed by atoms with Crippen LogP contribution in [-0.2, 0) is 6.54 Å². The fourth-order valence-electron chi connectivity index (χ4n) is 1.33. The molecular formula is C12H19BrN4. The zero-order chi connectivity index (χ0) is 12.5. The van der Waals surface area contributed by atoms with E-state index in [1.165, 1.54) is 0 Å². The van der Waals surface area contributed by atoms with Gasteiger partial charge in [0, 0.05) is 11.0 Å². The molecule has 17 heavy (non-hydrogen) atoms. The average Bonchev–Trinajstić information content (AvgIpc) is 2.35. The van der Waals surface area contributed by atoms with Crippen LogP contribution in [0.5, 0.6) is 0 Å². The maximum atomic E-state index is 5.40. The summed E-state index contributed by atoms with van der Waals surface area (Å²) in [7, 11) is 0. The summed E-state index contributed by atoms with van der Waals surface area (Å²) in [6, 6.07) is 8.02. The molecule has 0 heterocycles. The van der Waals surface area contributed by atoms with Crippen molar-refractivity contribution in [3.05, 3.63) is 34.3 Å². The van der Waals surface area contributed by atoms with Crippen molar-refractivity contribution >= 4 is 21.9 Å². The van der Waals surface area contributed by atoms with Crippen LogP contribution in [0, 0.1) is 0 Å². The summed E-state index contributed by atoms with van der Waals surface area (Å²) in [6.07, 6.45) is 2.25. The minimum absolute atomic E-state index is 0.597. The zero-order valence-electron chi connectivity index (χ0n) is 10.0. The quantitative estimate of drug-likeness (QED) is 0.257. The second-order valence-electron chi connectivity index (χ2n) is 3.68. The lowest BCUT2D eigenvalue weighted by Crippen LogP contribution is -2.41. The molecule has 0 atom stereocenters. The molecule has 0 fully saturated rings. The van der Waals surface area contributed by atoms with Crippen LogP contribution in [-0.4, -0.2) is 12.5 Å². The molecule has 0 bridgehead atoms. The number of hydrogen-bond acceptors (Lipinski definition) is 2. The predicted octanol–water partition coefficient (Wildman–Crippen LogP) is 2.16. The standard InChI is InChI=1S/C12H19BrN4/c1-2-3-8-15-12(17-14)16-9-10-6-4-5-7-11(10)13/h4-7H,2-3,8-9,14H2,1H3,(H2,15,16,17). The van der Waals surface area contributed by atoms with Crippen molar-refractivity contribution < 1.29 is 0 Å². The smallest absolute Gasteiger partial charge is 0.206 e. The molecular weight excluding hydrogens is 280 g/mol. The molecule has 94 valence electrons. The number of hydrogen-bond donors (Lipinski definition) is 3. The third kappa shape index (κ3) is 5.19. The van der Waals surface area contributed by atoms with Crippen LogP contribution in [0.3, 0.4) is 0 Å². The van der Waals surface area contributed by atoms with Crippen LogP contribution < -0.4 is 16.6 Å². The molecule has 1 aromatic rings. The molecule has 1 aromatic carbocycles. The Balaban J connectivity index is 2.52. The summed E-state index contributed by atoms with van der Waals surface area (Å²) in [5.74, 6) is 6.04. The summed E-state index contributed by atoms with van der Waals surface area (Å²) < 4.78 is 1.06. The molecule has 5 heteroatoms. The van der Waals surface area contributed by atoms with E-state index in [4.69, 9.17) is 5.84 Å². The molecule has 0 saturated carbocycles. The van der Waals surface area contributed by atoms with E-state index in [0.29, 0.717) is 12.5 Å². The molecule has 0 unspecified atom stereocenters. The number of benzene rings is 1. The maximum Gasteiger partial charge on any atom is 0.206 e. The largest absolute Gasteiger partial charge is 0.355 e. The van der Waals surface area contributed by atoms with Gasteiger partial charge < -0.3 is 5.32 Å². The van der Waals surface area contributed by atoms with Gasteiger partial charge in [-0.15, -0.1) is 0 Å². The SMILES string of the molecule is CCCCNC(=NCc1ccccc1Br)NN. The Morgan fingerprint density at radius 2 is 2.18 bits per heavy atom. The summed E-state index contributed by atoms with van der Waals surface area (Å²) in [6.45, 7) is 3.63. The molecule has 0 aliphatic rings. The van der Waals surface area contributed by atoms with Gasteiger partial charge in [0.25, 0.3) is 0 Å². The highest BCUT2D eigenvalue weighted by molar-refractivity contribution is 9.10. The van der Waals surface area contributed by atoms with E-state index in [-0.39, 0.29) is 0 Å². The lowest BCUT2D eigenvalue weighted by atomic mass is 10.2. The first-order chi connectivity index (χ1) is 8.27. The lowest BCUT2D eigenvalue weighted by Gasteiger charge is -2.08. The third-order valence-electron chi connectivity index (χ3n) is 2.32. The van der Waals surface area contributed by atoms with Gasteiger partial charge in [0.15, 0.2) is 0 Å². The van der Waals surface area contributed by atoms with E-state index >= 15 is 0 Å². The minimum Gasteiger partial charge on any atom is -0.355 e. The first-order valence-corrected chi connectivity index (χ1v) is 6.55. The van der Waals surface area contributed by atoms with Crippen molar-refractivity contribution in [3.63, 3.8) is 0 Å². The summed E-state index contributed by atoms with van der Waals surface area (Å²) in [5.41, 5.74) is 3.71. The van der Waals surface area contributed by atoms with Gasteiger partial charge in [-0.25, -0.2) is 10.8 Å². The summed E-state index contributed by atoms with van der Waals surface area (Å²) in [5, 5.41) is 3.16. The van der Waals surface area contributed by atoms with Crippen LogP contribution in [0.4, 0.5) is 0 Å². The van der Waals surface area contributed by atoms with Gasteiger partial charge in [-0.1, -0.05) is 47.5 Å². The van der Waals surface area contributed by atoms with Gasteiger partial charge in [-0.05, 0) is 18.1 Å². The molecule has 0 spiro atoms. The summed E-state index contributed by atoms with van der Waals surface area (Å²) in [4.78, 5) is 4.38. The minimum atomic E-state index is 0.597. The van der Waals surface area contributed by atoms with Gasteiger partial charge >= 0.3 is 0 Å². The Morgan fingerprint density at radius 1 is 1.41 bits per heavy atom. The first kappa shape index (κ1) is 14.0. The number of nitrogens with zero attached hydrogens (tertiary/aromatic N) is 1. The Morgan fingerprint density at radius 3 is 2.82 bits per heavy atom. The molecule has 0 aliphatic heterocycles. The normalized spacial score (nSPS) is 11.4. The maximum absolute atomic E-state index is 5.40. The number of unbranched alkanes of at least 4 members (excludes halogenated alkanes) is 1.